The van der Waals surface area contributed by atoms with Crippen molar-refractivity contribution in [1.29, 1.82) is 0 Å². The van der Waals surface area contributed by atoms with Crippen molar-refractivity contribution in [3.8, 4) is 0 Å². The molecule has 0 radical (unpaired) electrons. The van der Waals surface area contributed by atoms with E-state index < -0.39 is 0 Å². The Morgan fingerprint density at radius 3 is 2.58 bits per heavy atom. The van der Waals surface area contributed by atoms with Crippen LogP contribution < -0.4 is 5.32 Å². The van der Waals surface area contributed by atoms with Gasteiger partial charge in [-0.15, -0.1) is 11.3 Å². The van der Waals surface area contributed by atoms with Crippen molar-refractivity contribution in [2.24, 2.45) is 0 Å². The van der Waals surface area contributed by atoms with Crippen LogP contribution in [0.2, 0.25) is 0 Å². The summed E-state index contributed by atoms with van der Waals surface area (Å²) >= 11 is 1.81. The molecular weight excluding hydrogens is 252 g/mol. The molecule has 102 valence electrons. The Kier molecular flexibility index (Phi) is 4.72. The Bertz CT molecular complexity index is 533. The lowest BCUT2D eigenvalue weighted by atomic mass is 10.0. The largest absolute Gasteiger partial charge is 0.302 e. The Balaban J connectivity index is 2.06. The molecule has 0 fully saturated rings. The predicted octanol–water partition coefficient (Wildman–Crippen LogP) is 4.43. The number of benzene rings is 1. The third-order valence-electron chi connectivity index (χ3n) is 3.45. The summed E-state index contributed by atoms with van der Waals surface area (Å²) in [7, 11) is 0. The van der Waals surface area contributed by atoms with Crippen LogP contribution in [0.25, 0.3) is 0 Å². The highest BCUT2D eigenvalue weighted by molar-refractivity contribution is 7.11. The molecule has 2 unspecified atom stereocenters. The van der Waals surface area contributed by atoms with Gasteiger partial charge in [0.15, 0.2) is 0 Å². The van der Waals surface area contributed by atoms with Gasteiger partial charge in [0.1, 0.15) is 5.01 Å². The van der Waals surface area contributed by atoms with Gasteiger partial charge in [0.2, 0.25) is 0 Å². The number of thiazole rings is 1. The number of aromatic nitrogens is 1. The van der Waals surface area contributed by atoms with Crippen molar-refractivity contribution in [1.82, 2.24) is 10.3 Å². The number of nitrogens with zero attached hydrogens (tertiary/aromatic N) is 1. The summed E-state index contributed by atoms with van der Waals surface area (Å²) in [5.41, 5.74) is 2.70. The smallest absolute Gasteiger partial charge is 0.109 e. The van der Waals surface area contributed by atoms with E-state index in [0.29, 0.717) is 12.1 Å². The van der Waals surface area contributed by atoms with Crippen LogP contribution in [0, 0.1) is 6.92 Å². The minimum atomic E-state index is 0.292. The van der Waals surface area contributed by atoms with E-state index >= 15 is 0 Å². The molecule has 0 spiro atoms. The van der Waals surface area contributed by atoms with Gasteiger partial charge in [-0.25, -0.2) is 4.98 Å². The standard InChI is InChI=1S/C16H22N2S/c1-5-14-10-17-16(19-14)13(4)18-12(3)15-9-7-6-8-11(15)2/h6-10,12-13,18H,5H2,1-4H3. The van der Waals surface area contributed by atoms with Gasteiger partial charge in [-0.2, -0.15) is 0 Å². The van der Waals surface area contributed by atoms with Crippen LogP contribution >= 0.6 is 11.3 Å². The van der Waals surface area contributed by atoms with E-state index in [2.05, 4.69) is 62.3 Å². The molecule has 2 nitrogen and oxygen atoms in total. The fourth-order valence-electron chi connectivity index (χ4n) is 2.29. The number of rotatable bonds is 5. The summed E-state index contributed by atoms with van der Waals surface area (Å²) in [5, 5.41) is 4.82. The third kappa shape index (κ3) is 3.43. The molecule has 0 bridgehead atoms. The first kappa shape index (κ1) is 14.2. The van der Waals surface area contributed by atoms with E-state index in [9.17, 15) is 0 Å². The van der Waals surface area contributed by atoms with Gasteiger partial charge in [0.05, 0.1) is 6.04 Å². The van der Waals surface area contributed by atoms with Crippen LogP contribution in [0.3, 0.4) is 0 Å². The molecule has 1 N–H and O–H groups in total. The fraction of sp³-hybridized carbons (Fsp3) is 0.438. The summed E-state index contributed by atoms with van der Waals surface area (Å²) in [6.45, 7) is 8.74. The minimum Gasteiger partial charge on any atom is -0.302 e. The highest BCUT2D eigenvalue weighted by Gasteiger charge is 2.15. The molecule has 0 aliphatic carbocycles. The lowest BCUT2D eigenvalue weighted by Crippen LogP contribution is -2.22. The van der Waals surface area contributed by atoms with Crippen LogP contribution in [0.1, 0.15) is 53.9 Å². The molecule has 0 saturated heterocycles. The molecular formula is C16H22N2S. The highest BCUT2D eigenvalue weighted by Crippen LogP contribution is 2.24. The van der Waals surface area contributed by atoms with Crippen LogP contribution in [-0.2, 0) is 6.42 Å². The lowest BCUT2D eigenvalue weighted by Gasteiger charge is -2.20. The molecule has 0 aliphatic heterocycles. The molecule has 3 heteroatoms. The predicted molar refractivity (Wildman–Crippen MR) is 82.6 cm³/mol. The van der Waals surface area contributed by atoms with E-state index in [4.69, 9.17) is 0 Å². The van der Waals surface area contributed by atoms with Crippen molar-refractivity contribution in [3.05, 3.63) is 51.5 Å². The van der Waals surface area contributed by atoms with Crippen LogP contribution in [-0.4, -0.2) is 4.98 Å². The summed E-state index contributed by atoms with van der Waals surface area (Å²) in [6.07, 6.45) is 3.06. The normalized spacial score (nSPS) is 14.3. The molecule has 0 aliphatic rings. The summed E-state index contributed by atoms with van der Waals surface area (Å²) in [5.74, 6) is 0. The number of hydrogen-bond donors (Lipinski definition) is 1. The van der Waals surface area contributed by atoms with Crippen LogP contribution in [0.4, 0.5) is 0 Å². The topological polar surface area (TPSA) is 24.9 Å². The van der Waals surface area contributed by atoms with Gasteiger partial charge < -0.3 is 5.32 Å². The van der Waals surface area contributed by atoms with E-state index in [-0.39, 0.29) is 0 Å². The second-order valence-electron chi connectivity index (χ2n) is 4.98. The van der Waals surface area contributed by atoms with E-state index in [1.165, 1.54) is 21.0 Å². The molecule has 0 amide bonds. The van der Waals surface area contributed by atoms with Crippen molar-refractivity contribution >= 4 is 11.3 Å². The number of hydrogen-bond acceptors (Lipinski definition) is 3. The zero-order valence-corrected chi connectivity index (χ0v) is 12.9. The van der Waals surface area contributed by atoms with Gasteiger partial charge in [-0.3, -0.25) is 0 Å². The molecule has 2 atom stereocenters. The average Bonchev–Trinajstić information content (AvgIpc) is 2.88. The SMILES string of the molecule is CCc1cnc(C(C)NC(C)c2ccccc2C)s1. The lowest BCUT2D eigenvalue weighted by molar-refractivity contribution is 0.491. The maximum absolute atomic E-state index is 4.51. The third-order valence-corrected chi connectivity index (χ3v) is 4.77. The fourth-order valence-corrected chi connectivity index (χ4v) is 3.16. The molecule has 2 rings (SSSR count). The Morgan fingerprint density at radius 2 is 1.95 bits per heavy atom. The Labute approximate surface area is 119 Å². The second kappa shape index (κ2) is 6.31. The van der Waals surface area contributed by atoms with Gasteiger partial charge >= 0.3 is 0 Å². The summed E-state index contributed by atoms with van der Waals surface area (Å²) in [6, 6.07) is 9.17. The average molecular weight is 274 g/mol. The Morgan fingerprint density at radius 1 is 1.21 bits per heavy atom. The van der Waals surface area contributed by atoms with Crippen LogP contribution in [0.5, 0.6) is 0 Å². The quantitative estimate of drug-likeness (QED) is 0.872. The maximum Gasteiger partial charge on any atom is 0.109 e. The number of nitrogens with one attached hydrogen (secondary N) is 1. The van der Waals surface area contributed by atoms with E-state index in [1.54, 1.807) is 0 Å². The molecule has 1 aromatic carbocycles. The number of aryl methyl sites for hydroxylation is 2. The zero-order chi connectivity index (χ0) is 13.8. The highest BCUT2D eigenvalue weighted by atomic mass is 32.1. The van der Waals surface area contributed by atoms with Crippen molar-refractivity contribution in [2.75, 3.05) is 0 Å². The minimum absolute atomic E-state index is 0.292. The van der Waals surface area contributed by atoms with Crippen molar-refractivity contribution < 1.29 is 0 Å². The molecule has 1 heterocycles. The van der Waals surface area contributed by atoms with Gasteiger partial charge in [0, 0.05) is 17.1 Å². The van der Waals surface area contributed by atoms with E-state index in [1.807, 2.05) is 17.5 Å². The van der Waals surface area contributed by atoms with Crippen molar-refractivity contribution in [3.63, 3.8) is 0 Å². The monoisotopic (exact) mass is 274 g/mol. The van der Waals surface area contributed by atoms with Crippen molar-refractivity contribution in [2.45, 2.75) is 46.2 Å². The van der Waals surface area contributed by atoms with Gasteiger partial charge in [-0.1, -0.05) is 31.2 Å². The summed E-state index contributed by atoms with van der Waals surface area (Å²) in [4.78, 5) is 5.87. The Hall–Kier alpha value is -1.19. The first-order valence-electron chi connectivity index (χ1n) is 6.88. The maximum atomic E-state index is 4.51. The van der Waals surface area contributed by atoms with E-state index in [0.717, 1.165) is 6.42 Å². The second-order valence-corrected chi connectivity index (χ2v) is 6.13. The molecule has 19 heavy (non-hydrogen) atoms. The summed E-state index contributed by atoms with van der Waals surface area (Å²) < 4.78 is 0. The molecule has 1 aromatic heterocycles. The van der Waals surface area contributed by atoms with Crippen LogP contribution in [0.15, 0.2) is 30.5 Å². The molecule has 0 saturated carbocycles. The van der Waals surface area contributed by atoms with Gasteiger partial charge in [-0.05, 0) is 38.3 Å². The first-order chi connectivity index (χ1) is 9.11. The van der Waals surface area contributed by atoms with Gasteiger partial charge in [0.25, 0.3) is 0 Å². The first-order valence-corrected chi connectivity index (χ1v) is 7.69. The zero-order valence-electron chi connectivity index (χ0n) is 12.1. The molecule has 2 aromatic rings.